The topological polar surface area (TPSA) is 81.0 Å². The first kappa shape index (κ1) is 13.8. The third-order valence-corrected chi connectivity index (χ3v) is 2.51. The molecule has 0 saturated heterocycles. The van der Waals surface area contributed by atoms with Crippen LogP contribution in [0.5, 0.6) is 0 Å². The van der Waals surface area contributed by atoms with Crippen LogP contribution in [0.4, 0.5) is 20.2 Å². The Bertz CT molecular complexity index is 647. The number of nitrogens with zero attached hydrogens (tertiary/aromatic N) is 3. The molecule has 0 radical (unpaired) electrons. The Morgan fingerprint density at radius 3 is 2.65 bits per heavy atom. The van der Waals surface area contributed by atoms with Gasteiger partial charge in [-0.25, -0.2) is 4.39 Å². The van der Waals surface area contributed by atoms with Gasteiger partial charge in [-0.2, -0.15) is 4.39 Å². The van der Waals surface area contributed by atoms with E-state index in [0.717, 1.165) is 11.8 Å². The minimum atomic E-state index is -1.23. The van der Waals surface area contributed by atoms with Crippen molar-refractivity contribution >= 4 is 11.4 Å². The van der Waals surface area contributed by atoms with Crippen LogP contribution in [0, 0.1) is 28.7 Å². The Kier molecular flexibility index (Phi) is 3.83. The van der Waals surface area contributed by atoms with Gasteiger partial charge in [0.25, 0.3) is 0 Å². The van der Waals surface area contributed by atoms with Crippen molar-refractivity contribution in [1.29, 1.82) is 0 Å². The third-order valence-electron chi connectivity index (χ3n) is 2.51. The molecular formula is C12H10F2N4O2. The van der Waals surface area contributed by atoms with E-state index in [0.29, 0.717) is 11.8 Å². The first-order chi connectivity index (χ1) is 9.47. The summed E-state index contributed by atoms with van der Waals surface area (Å²) in [6.45, 7) is 1.83. The summed E-state index contributed by atoms with van der Waals surface area (Å²) in [7, 11) is 0. The first-order valence-electron chi connectivity index (χ1n) is 5.62. The number of nitro groups is 1. The molecule has 2 rings (SSSR count). The van der Waals surface area contributed by atoms with Crippen molar-refractivity contribution in [2.24, 2.45) is 0 Å². The number of hydrogen-bond donors (Lipinski definition) is 1. The second kappa shape index (κ2) is 5.55. The minimum absolute atomic E-state index is 0.0665. The zero-order chi connectivity index (χ0) is 14.7. The summed E-state index contributed by atoms with van der Waals surface area (Å²) in [5, 5.41) is 13.4. The average Bonchev–Trinajstić information content (AvgIpc) is 2.36. The zero-order valence-electron chi connectivity index (χ0n) is 10.4. The monoisotopic (exact) mass is 280 g/mol. The lowest BCUT2D eigenvalue weighted by Crippen LogP contribution is -2.06. The van der Waals surface area contributed by atoms with Crippen molar-refractivity contribution in [3.63, 3.8) is 0 Å². The summed E-state index contributed by atoms with van der Waals surface area (Å²) in [5.74, 6) is -2.13. The highest BCUT2D eigenvalue weighted by molar-refractivity contribution is 5.62. The molecule has 20 heavy (non-hydrogen) atoms. The maximum Gasteiger partial charge on any atom is 0.327 e. The Balaban J connectivity index is 2.24. The summed E-state index contributed by atoms with van der Waals surface area (Å²) in [4.78, 5) is 17.9. The number of anilines is 1. The fourth-order valence-electron chi connectivity index (χ4n) is 1.58. The number of hydrogen-bond acceptors (Lipinski definition) is 5. The number of benzene rings is 1. The van der Waals surface area contributed by atoms with Crippen LogP contribution in [0.1, 0.15) is 11.4 Å². The van der Waals surface area contributed by atoms with Crippen LogP contribution >= 0.6 is 0 Å². The number of rotatable bonds is 4. The molecule has 104 valence electrons. The Morgan fingerprint density at radius 1 is 1.30 bits per heavy atom. The number of aromatic nitrogens is 2. The molecule has 1 aromatic heterocycles. The summed E-state index contributed by atoms with van der Waals surface area (Å²) in [6, 6.07) is 1.33. The van der Waals surface area contributed by atoms with Crippen molar-refractivity contribution in [2.75, 3.05) is 5.32 Å². The molecule has 0 aliphatic carbocycles. The highest BCUT2D eigenvalue weighted by Crippen LogP contribution is 2.29. The van der Waals surface area contributed by atoms with Gasteiger partial charge in [-0.15, -0.1) is 0 Å². The van der Waals surface area contributed by atoms with Crippen molar-refractivity contribution < 1.29 is 13.7 Å². The smallest absolute Gasteiger partial charge is 0.327 e. The van der Waals surface area contributed by atoms with Gasteiger partial charge in [-0.3, -0.25) is 20.1 Å². The van der Waals surface area contributed by atoms with Gasteiger partial charge in [-0.05, 0) is 6.92 Å². The normalized spacial score (nSPS) is 10.3. The first-order valence-corrected chi connectivity index (χ1v) is 5.62. The van der Waals surface area contributed by atoms with E-state index in [2.05, 4.69) is 15.3 Å². The number of aryl methyl sites for hydroxylation is 1. The van der Waals surface area contributed by atoms with Crippen LogP contribution < -0.4 is 5.32 Å². The molecule has 0 amide bonds. The van der Waals surface area contributed by atoms with Crippen molar-refractivity contribution in [1.82, 2.24) is 9.97 Å². The lowest BCUT2D eigenvalue weighted by molar-refractivity contribution is -0.386. The lowest BCUT2D eigenvalue weighted by Gasteiger charge is -2.07. The highest BCUT2D eigenvalue weighted by Gasteiger charge is 2.21. The van der Waals surface area contributed by atoms with E-state index in [9.17, 15) is 18.9 Å². The molecule has 6 nitrogen and oxygen atoms in total. The predicted molar refractivity (Wildman–Crippen MR) is 67.1 cm³/mol. The van der Waals surface area contributed by atoms with Crippen molar-refractivity contribution in [3.8, 4) is 0 Å². The predicted octanol–water partition coefficient (Wildman–Crippen LogP) is 2.58. The summed E-state index contributed by atoms with van der Waals surface area (Å²) in [6.07, 6.45) is 3.00. The van der Waals surface area contributed by atoms with Gasteiger partial charge >= 0.3 is 5.69 Å². The van der Waals surface area contributed by atoms with Gasteiger partial charge in [0.2, 0.25) is 5.82 Å². The largest absolute Gasteiger partial charge is 0.374 e. The van der Waals surface area contributed by atoms with Crippen LogP contribution in [-0.2, 0) is 6.54 Å². The van der Waals surface area contributed by atoms with E-state index in [4.69, 9.17) is 0 Å². The van der Waals surface area contributed by atoms with Gasteiger partial charge < -0.3 is 5.32 Å². The van der Waals surface area contributed by atoms with E-state index < -0.39 is 22.2 Å². The van der Waals surface area contributed by atoms with Crippen LogP contribution in [0.3, 0.4) is 0 Å². The van der Waals surface area contributed by atoms with Crippen LogP contribution in [-0.4, -0.2) is 14.9 Å². The fraction of sp³-hybridized carbons (Fsp3) is 0.167. The Labute approximate surface area is 112 Å². The number of nitrogens with one attached hydrogen (secondary N) is 1. The highest BCUT2D eigenvalue weighted by atomic mass is 19.1. The molecule has 0 atom stereocenters. The molecule has 0 aliphatic heterocycles. The molecule has 1 N–H and O–H groups in total. The zero-order valence-corrected chi connectivity index (χ0v) is 10.4. The van der Waals surface area contributed by atoms with Gasteiger partial charge in [0.05, 0.1) is 29.1 Å². The maximum atomic E-state index is 13.4. The minimum Gasteiger partial charge on any atom is -0.374 e. The second-order valence-corrected chi connectivity index (χ2v) is 4.04. The summed E-state index contributed by atoms with van der Waals surface area (Å²) >= 11 is 0. The lowest BCUT2D eigenvalue weighted by atomic mass is 10.2. The third kappa shape index (κ3) is 3.02. The van der Waals surface area contributed by atoms with Gasteiger partial charge in [0.15, 0.2) is 0 Å². The molecule has 0 aliphatic rings. The molecule has 8 heteroatoms. The van der Waals surface area contributed by atoms with Gasteiger partial charge in [-0.1, -0.05) is 0 Å². The van der Waals surface area contributed by atoms with Gasteiger partial charge in [0, 0.05) is 18.3 Å². The van der Waals surface area contributed by atoms with E-state index in [1.165, 1.54) is 12.4 Å². The summed E-state index contributed by atoms with van der Waals surface area (Å²) < 4.78 is 26.5. The quantitative estimate of drug-likeness (QED) is 0.687. The van der Waals surface area contributed by atoms with Crippen LogP contribution in [0.25, 0.3) is 0 Å². The molecule has 0 spiro atoms. The number of halogens is 2. The van der Waals surface area contributed by atoms with E-state index in [1.807, 2.05) is 0 Å². The second-order valence-electron chi connectivity index (χ2n) is 4.04. The maximum absolute atomic E-state index is 13.4. The average molecular weight is 280 g/mol. The van der Waals surface area contributed by atoms with E-state index >= 15 is 0 Å². The molecular weight excluding hydrogens is 270 g/mol. The van der Waals surface area contributed by atoms with E-state index in [1.54, 1.807) is 6.92 Å². The molecule has 1 aromatic carbocycles. The fourth-order valence-corrected chi connectivity index (χ4v) is 1.58. The van der Waals surface area contributed by atoms with E-state index in [-0.39, 0.29) is 12.2 Å². The van der Waals surface area contributed by atoms with Gasteiger partial charge in [0.1, 0.15) is 11.5 Å². The number of nitro benzene ring substituents is 1. The van der Waals surface area contributed by atoms with Crippen LogP contribution in [0.2, 0.25) is 0 Å². The van der Waals surface area contributed by atoms with Crippen LogP contribution in [0.15, 0.2) is 24.5 Å². The van der Waals surface area contributed by atoms with Crippen molar-refractivity contribution in [2.45, 2.75) is 13.5 Å². The summed E-state index contributed by atoms with van der Waals surface area (Å²) in [5.41, 5.74) is 0.174. The van der Waals surface area contributed by atoms with Crippen molar-refractivity contribution in [3.05, 3.63) is 57.7 Å². The molecule has 0 saturated carbocycles. The Morgan fingerprint density at radius 2 is 2.05 bits per heavy atom. The molecule has 0 bridgehead atoms. The molecule has 0 fully saturated rings. The molecule has 0 unspecified atom stereocenters. The SMILES string of the molecule is Cc1cnc(CNc2cc(F)cc(F)c2[N+](=O)[O-])cn1. The molecule has 1 heterocycles. The Hall–Kier alpha value is -2.64. The molecule has 2 aromatic rings. The standard InChI is InChI=1S/C12H10F2N4O2/c1-7-4-16-9(5-15-7)6-17-11-3-8(13)2-10(14)12(11)18(19)20/h2-5,17H,6H2,1H3.